The molecule has 0 unspecified atom stereocenters. The Morgan fingerprint density at radius 2 is 2.00 bits per heavy atom. The Bertz CT molecular complexity index is 1480. The average molecular weight is 516 g/mol. The molecule has 3 heterocycles. The molecule has 5 N–H and O–H groups in total. The number of halogens is 1. The highest BCUT2D eigenvalue weighted by atomic mass is 19.1. The summed E-state index contributed by atoms with van der Waals surface area (Å²) in [6.45, 7) is 6.38. The van der Waals surface area contributed by atoms with Gasteiger partial charge in [0.25, 0.3) is 5.91 Å². The molecule has 38 heavy (non-hydrogen) atoms. The van der Waals surface area contributed by atoms with Gasteiger partial charge in [0.05, 0.1) is 29.6 Å². The van der Waals surface area contributed by atoms with Crippen LogP contribution in [0.15, 0.2) is 54.7 Å². The summed E-state index contributed by atoms with van der Waals surface area (Å²) in [6, 6.07) is 12.0. The van der Waals surface area contributed by atoms with E-state index in [1.807, 2.05) is 12.1 Å². The van der Waals surface area contributed by atoms with Crippen molar-refractivity contribution >= 4 is 34.6 Å². The Morgan fingerprint density at radius 1 is 1.16 bits per heavy atom. The molecule has 2 aromatic carbocycles. The number of primary amides is 1. The number of aromatic amines is 1. The summed E-state index contributed by atoms with van der Waals surface area (Å²) in [5.74, 6) is 0.789. The van der Waals surface area contributed by atoms with Gasteiger partial charge in [-0.1, -0.05) is 12.1 Å². The molecule has 0 saturated carbocycles. The lowest BCUT2D eigenvalue weighted by atomic mass is 9.98. The number of amides is 1. The lowest BCUT2D eigenvalue weighted by Gasteiger charge is -2.30. The van der Waals surface area contributed by atoms with E-state index in [1.54, 1.807) is 19.4 Å². The van der Waals surface area contributed by atoms with E-state index in [9.17, 15) is 9.18 Å². The molecule has 0 spiro atoms. The van der Waals surface area contributed by atoms with Gasteiger partial charge in [0.15, 0.2) is 0 Å². The summed E-state index contributed by atoms with van der Waals surface area (Å²) in [7, 11) is 1.63. The van der Waals surface area contributed by atoms with Crippen molar-refractivity contribution in [2.75, 3.05) is 30.8 Å². The standard InChI is InChI=1S/C28H30FN7O2/c1-16(2)36-12-9-17(10-13-36)18-4-7-22(24(14-18)38-3)33-28-34-26-21(8-11-31-26)27(35-28)32-23-15-19(29)5-6-20(23)25(30)37/h4-9,11,14-16H,10,12-13H2,1-3H3,(H2,30,37)(H3,31,32,33,34,35). The van der Waals surface area contributed by atoms with Crippen LogP contribution in [0, 0.1) is 5.82 Å². The molecule has 10 heteroatoms. The summed E-state index contributed by atoms with van der Waals surface area (Å²) in [5.41, 5.74) is 9.64. The fourth-order valence-corrected chi connectivity index (χ4v) is 4.59. The van der Waals surface area contributed by atoms with Gasteiger partial charge in [-0.2, -0.15) is 4.98 Å². The Hall–Kier alpha value is -4.44. The van der Waals surface area contributed by atoms with Crippen LogP contribution in [-0.2, 0) is 0 Å². The van der Waals surface area contributed by atoms with Crippen molar-refractivity contribution in [2.45, 2.75) is 26.3 Å². The minimum Gasteiger partial charge on any atom is -0.495 e. The highest BCUT2D eigenvalue weighted by Crippen LogP contribution is 2.35. The van der Waals surface area contributed by atoms with Gasteiger partial charge in [0.1, 0.15) is 23.2 Å². The molecule has 2 aromatic rings. The molecule has 1 amide bonds. The number of hydrogen-bond donors (Lipinski definition) is 4. The number of aromatic nitrogens is 3. The van der Waals surface area contributed by atoms with E-state index in [2.05, 4.69) is 56.5 Å². The number of fused-ring (bicyclic) bond motifs is 1. The topological polar surface area (TPSA) is 121 Å². The summed E-state index contributed by atoms with van der Waals surface area (Å²) >= 11 is 0. The maximum Gasteiger partial charge on any atom is 0.250 e. The number of carbonyl (C=O) groups is 1. The summed E-state index contributed by atoms with van der Waals surface area (Å²) in [4.78, 5) is 26.5. The Labute approximate surface area is 220 Å². The highest BCUT2D eigenvalue weighted by molar-refractivity contribution is 5.99. The van der Waals surface area contributed by atoms with E-state index in [0.29, 0.717) is 40.6 Å². The molecule has 3 aliphatic heterocycles. The van der Waals surface area contributed by atoms with Gasteiger partial charge in [-0.15, -0.1) is 0 Å². The molecule has 196 valence electrons. The summed E-state index contributed by atoms with van der Waals surface area (Å²) in [6.07, 6.45) is 4.89. The smallest absolute Gasteiger partial charge is 0.250 e. The quantitative estimate of drug-likeness (QED) is 0.256. The molecule has 0 saturated heterocycles. The van der Waals surface area contributed by atoms with Crippen molar-refractivity contribution < 1.29 is 13.9 Å². The Balaban J connectivity index is 1.44. The third-order valence-electron chi connectivity index (χ3n) is 6.71. The first-order chi connectivity index (χ1) is 18.3. The number of anilines is 4. The van der Waals surface area contributed by atoms with E-state index in [0.717, 1.165) is 25.1 Å². The van der Waals surface area contributed by atoms with E-state index < -0.39 is 11.7 Å². The molecule has 9 nitrogen and oxygen atoms in total. The second kappa shape index (κ2) is 10.5. The van der Waals surface area contributed by atoms with Gasteiger partial charge in [-0.25, -0.2) is 9.37 Å². The maximum absolute atomic E-state index is 14.0. The number of nitrogens with one attached hydrogen (secondary N) is 3. The fraction of sp³-hybridized carbons (Fsp3) is 0.250. The molecule has 0 aromatic heterocycles. The average Bonchev–Trinajstić information content (AvgIpc) is 3.38. The molecular weight excluding hydrogens is 485 g/mol. The first-order valence-electron chi connectivity index (χ1n) is 12.4. The lowest BCUT2D eigenvalue weighted by molar-refractivity contribution is 0.100. The third-order valence-corrected chi connectivity index (χ3v) is 6.71. The van der Waals surface area contributed by atoms with Crippen LogP contribution in [0.2, 0.25) is 0 Å². The molecule has 0 bridgehead atoms. The number of ether oxygens (including phenoxy) is 1. The van der Waals surface area contributed by atoms with Crippen molar-refractivity contribution in [1.82, 2.24) is 19.9 Å². The van der Waals surface area contributed by atoms with Crippen molar-refractivity contribution in [1.29, 1.82) is 0 Å². The van der Waals surface area contributed by atoms with Gasteiger partial charge in [0.2, 0.25) is 5.95 Å². The normalized spacial score (nSPS) is 14.0. The zero-order valence-corrected chi connectivity index (χ0v) is 21.5. The molecule has 0 radical (unpaired) electrons. The van der Waals surface area contributed by atoms with Crippen LogP contribution < -0.4 is 21.1 Å². The number of carbonyl (C=O) groups excluding carboxylic acids is 1. The number of nitrogens with two attached hydrogens (primary N) is 1. The second-order valence-corrected chi connectivity index (χ2v) is 9.43. The Morgan fingerprint density at radius 3 is 2.71 bits per heavy atom. The summed E-state index contributed by atoms with van der Waals surface area (Å²) < 4.78 is 19.7. The lowest BCUT2D eigenvalue weighted by Crippen LogP contribution is -2.34. The first-order valence-corrected chi connectivity index (χ1v) is 12.4. The van der Waals surface area contributed by atoms with E-state index in [1.165, 1.54) is 23.8 Å². The van der Waals surface area contributed by atoms with Crippen molar-refractivity contribution in [3.8, 4) is 17.1 Å². The zero-order chi connectivity index (χ0) is 26.8. The third kappa shape index (κ3) is 5.16. The number of benzene rings is 2. The molecule has 0 atom stereocenters. The predicted octanol–water partition coefficient (Wildman–Crippen LogP) is 5.14. The van der Waals surface area contributed by atoms with Crippen LogP contribution in [0.1, 0.15) is 36.2 Å². The molecule has 0 aliphatic carbocycles. The van der Waals surface area contributed by atoms with Gasteiger partial charge >= 0.3 is 0 Å². The van der Waals surface area contributed by atoms with E-state index in [4.69, 9.17) is 10.5 Å². The van der Waals surface area contributed by atoms with Gasteiger partial charge < -0.3 is 26.1 Å². The second-order valence-electron chi connectivity index (χ2n) is 9.43. The van der Waals surface area contributed by atoms with Crippen molar-refractivity contribution in [2.24, 2.45) is 5.73 Å². The molecule has 3 aliphatic rings. The van der Waals surface area contributed by atoms with E-state index in [-0.39, 0.29) is 11.3 Å². The summed E-state index contributed by atoms with van der Waals surface area (Å²) in [5, 5.41) is 6.31. The first kappa shape index (κ1) is 25.2. The van der Waals surface area contributed by atoms with Crippen LogP contribution in [0.3, 0.4) is 0 Å². The minimum atomic E-state index is -0.681. The van der Waals surface area contributed by atoms with Crippen molar-refractivity contribution in [3.63, 3.8) is 0 Å². The number of hydrogen-bond acceptors (Lipinski definition) is 7. The van der Waals surface area contributed by atoms with Crippen LogP contribution >= 0.6 is 0 Å². The van der Waals surface area contributed by atoms with Crippen LogP contribution in [0.5, 0.6) is 5.75 Å². The maximum atomic E-state index is 14.0. The number of rotatable bonds is 8. The zero-order valence-electron chi connectivity index (χ0n) is 21.5. The fourth-order valence-electron chi connectivity index (χ4n) is 4.59. The number of nitrogens with zero attached hydrogens (tertiary/aromatic N) is 3. The van der Waals surface area contributed by atoms with Crippen molar-refractivity contribution in [3.05, 3.63) is 71.7 Å². The minimum absolute atomic E-state index is 0.147. The predicted molar refractivity (Wildman–Crippen MR) is 147 cm³/mol. The Kier molecular flexibility index (Phi) is 6.97. The number of methoxy groups -OCH3 is 1. The largest absolute Gasteiger partial charge is 0.495 e. The molecule has 0 fully saturated rings. The van der Waals surface area contributed by atoms with E-state index >= 15 is 0 Å². The SMILES string of the molecule is COc1cc(C2=CCN(C(C)C)CC2)ccc1Nc1nc(Nc2cc(F)ccc2C(N)=O)c2ccnc-2[nH]1. The highest BCUT2D eigenvalue weighted by Gasteiger charge is 2.19. The number of H-pyrrole nitrogens is 1. The molecular formula is C28H30FN7O2. The molecule has 5 rings (SSSR count). The van der Waals surface area contributed by atoms with Crippen LogP contribution in [0.4, 0.5) is 27.5 Å². The van der Waals surface area contributed by atoms with Gasteiger partial charge in [0, 0.05) is 25.3 Å². The van der Waals surface area contributed by atoms with Crippen LogP contribution in [0.25, 0.3) is 17.0 Å². The van der Waals surface area contributed by atoms with Gasteiger partial charge in [-0.3, -0.25) is 9.69 Å². The monoisotopic (exact) mass is 515 g/mol. The van der Waals surface area contributed by atoms with Crippen LogP contribution in [-0.4, -0.2) is 52.0 Å². The van der Waals surface area contributed by atoms with Gasteiger partial charge in [-0.05, 0) is 67.8 Å².